The third-order valence-corrected chi connectivity index (χ3v) is 6.56. The van der Waals surface area contributed by atoms with Crippen LogP contribution in [-0.4, -0.2) is 48.5 Å². The average molecular weight is 605 g/mol. The second-order valence-electron chi connectivity index (χ2n) is 8.53. The van der Waals surface area contributed by atoms with Crippen LogP contribution in [0.15, 0.2) is 98.1 Å². The molecule has 1 aromatic heterocycles. The van der Waals surface area contributed by atoms with Crippen molar-refractivity contribution in [3.63, 3.8) is 0 Å². The van der Waals surface area contributed by atoms with E-state index < -0.39 is 17.5 Å². The fourth-order valence-corrected chi connectivity index (χ4v) is 4.41. The van der Waals surface area contributed by atoms with Crippen molar-refractivity contribution in [3.05, 3.63) is 78.5 Å². The number of benzene rings is 4. The quantitative estimate of drug-likeness (QED) is 0.0468. The Morgan fingerprint density at radius 3 is 2.40 bits per heavy atom. The summed E-state index contributed by atoms with van der Waals surface area (Å²) >= 11 is 0.533. The lowest BCUT2D eigenvalue weighted by Gasteiger charge is -2.09. The molecule has 0 fully saturated rings. The first-order valence-corrected chi connectivity index (χ1v) is 12.8. The highest BCUT2D eigenvalue weighted by Crippen LogP contribution is 2.45. The minimum Gasteiger partial charge on any atom is -0.506 e. The molecule has 0 atom stereocenters. The lowest BCUT2D eigenvalue weighted by molar-refractivity contribution is -0.432. The number of hydrogen-bond donors (Lipinski definition) is 5. The zero-order chi connectivity index (χ0) is 30.5. The van der Waals surface area contributed by atoms with Gasteiger partial charge in [0.2, 0.25) is 11.6 Å². The molecule has 1 heterocycles. The molecule has 5 N–H and O–H groups in total. The lowest BCUT2D eigenvalue weighted by Crippen LogP contribution is -2.01. The summed E-state index contributed by atoms with van der Waals surface area (Å²) in [5.74, 6) is -2.13. The van der Waals surface area contributed by atoms with Gasteiger partial charge in [0.1, 0.15) is 22.9 Å². The third kappa shape index (κ3) is 6.07. The number of fused-ring (bicyclic) bond motifs is 1. The highest BCUT2D eigenvalue weighted by Gasteiger charge is 2.24. The first-order chi connectivity index (χ1) is 20.8. The molecule has 0 saturated carbocycles. The van der Waals surface area contributed by atoms with Crippen molar-refractivity contribution in [2.24, 2.45) is 20.5 Å². The maximum absolute atomic E-state index is 11.8. The zero-order valence-corrected chi connectivity index (χ0v) is 22.7. The van der Waals surface area contributed by atoms with Crippen molar-refractivity contribution in [2.45, 2.75) is 4.90 Å². The van der Waals surface area contributed by atoms with E-state index in [4.69, 9.17) is 9.99 Å². The first-order valence-electron chi connectivity index (χ1n) is 12.1. The second-order valence-corrected chi connectivity index (χ2v) is 9.27. The minimum absolute atomic E-state index is 0.0433. The van der Waals surface area contributed by atoms with Crippen molar-refractivity contribution in [3.8, 4) is 28.8 Å². The summed E-state index contributed by atoms with van der Waals surface area (Å²) in [5, 5.41) is 74.7. The minimum atomic E-state index is -1.42. The van der Waals surface area contributed by atoms with Crippen LogP contribution in [0.5, 0.6) is 23.1 Å². The Bertz CT molecular complexity index is 1880. The van der Waals surface area contributed by atoms with Gasteiger partial charge in [0.25, 0.3) is 0 Å². The molecule has 0 unspecified atom stereocenters. The van der Waals surface area contributed by atoms with Gasteiger partial charge in [-0.25, -0.2) is 10.1 Å². The number of aromatic carboxylic acids is 1. The number of rotatable bonds is 10. The fourth-order valence-electron chi connectivity index (χ4n) is 3.91. The van der Waals surface area contributed by atoms with Gasteiger partial charge in [-0.15, -0.1) is 19.7 Å². The maximum Gasteiger partial charge on any atom is 0.358 e. The Labute approximate surface area is 245 Å². The van der Waals surface area contributed by atoms with E-state index in [9.17, 15) is 25.2 Å². The van der Waals surface area contributed by atoms with Crippen molar-refractivity contribution >= 4 is 51.5 Å². The van der Waals surface area contributed by atoms with E-state index in [1.54, 1.807) is 42.5 Å². The average Bonchev–Trinajstić information content (AvgIpc) is 3.36. The first kappa shape index (κ1) is 29.0. The Morgan fingerprint density at radius 1 is 0.907 bits per heavy atom. The predicted octanol–water partition coefficient (Wildman–Crippen LogP) is 7.11. The molecule has 43 heavy (non-hydrogen) atoms. The molecule has 0 amide bonds. The van der Waals surface area contributed by atoms with Gasteiger partial charge in [-0.1, -0.05) is 29.3 Å². The van der Waals surface area contributed by atoms with Gasteiger partial charge in [0, 0.05) is 11.5 Å². The Kier molecular flexibility index (Phi) is 8.44. The van der Waals surface area contributed by atoms with Crippen molar-refractivity contribution in [1.29, 1.82) is 0 Å². The van der Waals surface area contributed by atoms with Crippen molar-refractivity contribution in [2.75, 3.05) is 7.11 Å². The molecule has 4 aromatic carbocycles. The fraction of sp³-hybridized carbons (Fsp3) is 0.0370. The molecule has 16 heteroatoms. The molecule has 5 rings (SSSR count). The number of ether oxygens (including phenoxy) is 1. The summed E-state index contributed by atoms with van der Waals surface area (Å²) in [6.07, 6.45) is 0. The van der Waals surface area contributed by atoms with Crippen LogP contribution in [0.1, 0.15) is 10.5 Å². The topological polar surface area (TPSA) is 213 Å². The molecule has 0 aliphatic rings. The normalized spacial score (nSPS) is 11.6. The van der Waals surface area contributed by atoms with E-state index in [1.807, 2.05) is 0 Å². The summed E-state index contributed by atoms with van der Waals surface area (Å²) in [6, 6.07) is 18.8. The maximum atomic E-state index is 11.8. The van der Waals surface area contributed by atoms with Gasteiger partial charge in [-0.05, 0) is 47.9 Å². The second kappa shape index (κ2) is 12.5. The predicted molar refractivity (Wildman–Crippen MR) is 151 cm³/mol. The number of carboxylic acids is 1. The molecule has 5 aromatic rings. The summed E-state index contributed by atoms with van der Waals surface area (Å²) in [4.78, 5) is 12.0. The zero-order valence-electron chi connectivity index (χ0n) is 21.9. The molecule has 0 saturated heterocycles. The SMILES string of the molecule is COc1ccc(O)c(N=Nc2c(SOOO)cc3ccc(N=Nc4c(C(=O)O)nn(-c5ccccc5)c4O)cc3c2O)c1. The van der Waals surface area contributed by atoms with E-state index in [0.717, 1.165) is 4.68 Å². The number of hydrogen-bond acceptors (Lipinski definition) is 14. The van der Waals surface area contributed by atoms with E-state index in [2.05, 4.69) is 34.9 Å². The Hall–Kier alpha value is -5.55. The number of para-hydroxylation sites is 1. The van der Waals surface area contributed by atoms with Gasteiger partial charge in [-0.3, -0.25) is 0 Å². The molecule has 0 spiro atoms. The highest BCUT2D eigenvalue weighted by molar-refractivity contribution is 7.94. The standard InChI is InChI=1S/C27H20N6O9S/c1-40-17-9-10-20(34)19(13-17)29-30-22-21(43-42-41-39)11-14-7-8-15(12-18(14)25(22)35)28-31-23-24(27(37)38)32-33(26(23)36)16-5-3-2-4-6-16/h2-13,34-36,39H,1H3,(H,37,38). The summed E-state index contributed by atoms with van der Waals surface area (Å²) in [6.45, 7) is 0. The van der Waals surface area contributed by atoms with Crippen LogP contribution in [0.3, 0.4) is 0 Å². The molecule has 0 aliphatic heterocycles. The smallest absolute Gasteiger partial charge is 0.358 e. The van der Waals surface area contributed by atoms with Crippen LogP contribution in [0, 0.1) is 0 Å². The number of carbonyl (C=O) groups is 1. The Balaban J connectivity index is 1.56. The van der Waals surface area contributed by atoms with Gasteiger partial charge in [-0.2, -0.15) is 14.9 Å². The largest absolute Gasteiger partial charge is 0.506 e. The van der Waals surface area contributed by atoms with Crippen molar-refractivity contribution < 1.29 is 44.6 Å². The van der Waals surface area contributed by atoms with Crippen LogP contribution in [0.2, 0.25) is 0 Å². The number of methoxy groups -OCH3 is 1. The van der Waals surface area contributed by atoms with Gasteiger partial charge < -0.3 is 25.2 Å². The number of aromatic hydroxyl groups is 3. The highest BCUT2D eigenvalue weighted by atomic mass is 32.2. The van der Waals surface area contributed by atoms with Crippen LogP contribution in [0.4, 0.5) is 22.7 Å². The van der Waals surface area contributed by atoms with Crippen molar-refractivity contribution in [1.82, 2.24) is 9.78 Å². The summed E-state index contributed by atoms with van der Waals surface area (Å²) < 4.78 is 10.7. The Morgan fingerprint density at radius 2 is 1.67 bits per heavy atom. The lowest BCUT2D eigenvalue weighted by atomic mass is 10.1. The van der Waals surface area contributed by atoms with Gasteiger partial charge in [0.05, 0.1) is 35.4 Å². The molecule has 0 bridgehead atoms. The van der Waals surface area contributed by atoms with Crippen LogP contribution < -0.4 is 4.74 Å². The van der Waals surface area contributed by atoms with E-state index >= 15 is 0 Å². The monoisotopic (exact) mass is 604 g/mol. The van der Waals surface area contributed by atoms with E-state index in [0.29, 0.717) is 28.9 Å². The number of phenols is 2. The van der Waals surface area contributed by atoms with Crippen LogP contribution in [-0.2, 0) is 9.37 Å². The van der Waals surface area contributed by atoms with Gasteiger partial charge >= 0.3 is 5.97 Å². The number of azo groups is 2. The van der Waals surface area contributed by atoms with E-state index in [1.165, 1.54) is 37.4 Å². The molecule has 218 valence electrons. The molecule has 0 radical (unpaired) electrons. The third-order valence-electron chi connectivity index (χ3n) is 5.94. The molecule has 0 aliphatic carbocycles. The van der Waals surface area contributed by atoms with Crippen LogP contribution >= 0.6 is 12.0 Å². The number of aromatic nitrogens is 2. The summed E-state index contributed by atoms with van der Waals surface area (Å²) in [5.41, 5.74) is -0.379. The van der Waals surface area contributed by atoms with E-state index in [-0.39, 0.29) is 44.5 Å². The van der Waals surface area contributed by atoms with Gasteiger partial charge in [0.15, 0.2) is 11.4 Å². The molecule has 15 nitrogen and oxygen atoms in total. The summed E-state index contributed by atoms with van der Waals surface area (Å²) in [7, 11) is 1.44. The molecular weight excluding hydrogens is 584 g/mol. The molecular formula is C27H20N6O9S. The number of phenolic OH excluding ortho intramolecular Hbond substituents is 2. The van der Waals surface area contributed by atoms with Crippen LogP contribution in [0.25, 0.3) is 16.5 Å². The number of carboxylic acid groups (broad SMARTS) is 1. The number of nitrogens with zero attached hydrogens (tertiary/aromatic N) is 6.